The monoisotopic (exact) mass is 412 g/mol. The number of hydrogen-bond donors (Lipinski definition) is 1. The van der Waals surface area contributed by atoms with E-state index in [1.807, 2.05) is 43.3 Å². The van der Waals surface area contributed by atoms with Gasteiger partial charge in [0.05, 0.1) is 10.2 Å². The minimum atomic E-state index is -0.282. The van der Waals surface area contributed by atoms with Crippen LogP contribution >= 0.6 is 27.3 Å². The van der Waals surface area contributed by atoms with E-state index in [2.05, 4.69) is 27.3 Å². The van der Waals surface area contributed by atoms with Crippen molar-refractivity contribution in [3.05, 3.63) is 70.6 Å². The summed E-state index contributed by atoms with van der Waals surface area (Å²) in [7, 11) is 0. The van der Waals surface area contributed by atoms with Crippen LogP contribution in [0.2, 0.25) is 0 Å². The minimum Gasteiger partial charge on any atom is -0.444 e. The van der Waals surface area contributed by atoms with Crippen molar-refractivity contribution < 1.29 is 9.21 Å². The summed E-state index contributed by atoms with van der Waals surface area (Å²) in [6, 6.07) is 17.2. The van der Waals surface area contributed by atoms with Gasteiger partial charge in [-0.05, 0) is 58.7 Å². The molecule has 0 atom stereocenters. The fraction of sp³-hybridized carbons (Fsp3) is 0.0526. The molecule has 0 aliphatic carbocycles. The second-order valence-corrected chi connectivity index (χ2v) is 7.33. The van der Waals surface area contributed by atoms with Crippen molar-refractivity contribution in [3.63, 3.8) is 0 Å². The van der Waals surface area contributed by atoms with E-state index >= 15 is 0 Å². The lowest BCUT2D eigenvalue weighted by Gasteiger charge is -2.10. The van der Waals surface area contributed by atoms with Gasteiger partial charge in [-0.3, -0.25) is 4.79 Å². The van der Waals surface area contributed by atoms with Gasteiger partial charge in [-0.1, -0.05) is 24.3 Å². The number of halogens is 1. The van der Waals surface area contributed by atoms with Gasteiger partial charge in [-0.2, -0.15) is 0 Å². The maximum atomic E-state index is 12.3. The number of para-hydroxylation sites is 1. The number of nitrogens with zero attached hydrogens (tertiary/aromatic N) is 1. The Morgan fingerprint density at radius 3 is 2.72 bits per heavy atom. The number of nitrogens with one attached hydrogen (secondary N) is 1. The third-order valence-corrected chi connectivity index (χ3v) is 5.40. The largest absolute Gasteiger partial charge is 0.444 e. The number of rotatable bonds is 3. The molecule has 2 heterocycles. The van der Waals surface area contributed by atoms with Crippen LogP contribution in [0.4, 0.5) is 5.69 Å². The third kappa shape index (κ3) is 3.10. The zero-order valence-electron chi connectivity index (χ0n) is 13.2. The van der Waals surface area contributed by atoms with Crippen molar-refractivity contribution >= 4 is 49.1 Å². The molecule has 124 valence electrons. The molecule has 1 N–H and O–H groups in total. The van der Waals surface area contributed by atoms with E-state index in [4.69, 9.17) is 9.40 Å². The number of benzene rings is 2. The number of hydrogen-bond acceptors (Lipinski definition) is 4. The zero-order valence-corrected chi connectivity index (χ0v) is 15.6. The van der Waals surface area contributed by atoms with Crippen LogP contribution in [0.1, 0.15) is 16.1 Å². The van der Waals surface area contributed by atoms with Crippen LogP contribution in [0, 0.1) is 6.92 Å². The second kappa shape index (κ2) is 6.46. The second-order valence-electron chi connectivity index (χ2n) is 5.52. The van der Waals surface area contributed by atoms with Gasteiger partial charge in [0.2, 0.25) is 0 Å². The Kier molecular flexibility index (Phi) is 4.15. The van der Waals surface area contributed by atoms with E-state index < -0.39 is 0 Å². The SMILES string of the molecule is Cc1c(NC(=O)c2ccc(Br)o2)cccc1-c1nc2ccccc2s1. The maximum Gasteiger partial charge on any atom is 0.291 e. The van der Waals surface area contributed by atoms with E-state index in [1.54, 1.807) is 23.5 Å². The van der Waals surface area contributed by atoms with Crippen molar-refractivity contribution in [1.82, 2.24) is 4.98 Å². The lowest BCUT2D eigenvalue weighted by Crippen LogP contribution is -2.12. The molecule has 0 saturated carbocycles. The third-order valence-electron chi connectivity index (χ3n) is 3.90. The Labute approximate surface area is 156 Å². The molecule has 0 fully saturated rings. The van der Waals surface area contributed by atoms with Gasteiger partial charge in [0, 0.05) is 11.3 Å². The number of carbonyl (C=O) groups is 1. The fourth-order valence-electron chi connectivity index (χ4n) is 2.61. The average molecular weight is 413 g/mol. The van der Waals surface area contributed by atoms with Gasteiger partial charge in [-0.25, -0.2) is 4.98 Å². The van der Waals surface area contributed by atoms with Crippen LogP contribution in [-0.4, -0.2) is 10.9 Å². The van der Waals surface area contributed by atoms with Crippen molar-refractivity contribution in [2.45, 2.75) is 6.92 Å². The van der Waals surface area contributed by atoms with E-state index in [1.165, 1.54) is 0 Å². The van der Waals surface area contributed by atoms with Crippen LogP contribution in [0.5, 0.6) is 0 Å². The number of furan rings is 1. The first-order chi connectivity index (χ1) is 12.1. The lowest BCUT2D eigenvalue weighted by molar-refractivity contribution is 0.0995. The molecule has 4 nitrogen and oxygen atoms in total. The zero-order chi connectivity index (χ0) is 17.4. The number of carbonyl (C=O) groups excluding carboxylic acids is 1. The first-order valence-corrected chi connectivity index (χ1v) is 9.25. The van der Waals surface area contributed by atoms with Gasteiger partial charge < -0.3 is 9.73 Å². The number of thiazole rings is 1. The van der Waals surface area contributed by atoms with Gasteiger partial charge in [-0.15, -0.1) is 11.3 Å². The van der Waals surface area contributed by atoms with E-state index in [0.717, 1.165) is 32.0 Å². The quantitative estimate of drug-likeness (QED) is 0.456. The highest BCUT2D eigenvalue weighted by Gasteiger charge is 2.15. The summed E-state index contributed by atoms with van der Waals surface area (Å²) in [5, 5.41) is 3.85. The van der Waals surface area contributed by atoms with Crippen LogP contribution in [0.3, 0.4) is 0 Å². The molecule has 0 bridgehead atoms. The Hall–Kier alpha value is -2.44. The lowest BCUT2D eigenvalue weighted by atomic mass is 10.1. The van der Waals surface area contributed by atoms with Crippen LogP contribution in [0.15, 0.2) is 63.7 Å². The summed E-state index contributed by atoms with van der Waals surface area (Å²) < 4.78 is 6.98. The summed E-state index contributed by atoms with van der Waals surface area (Å²) in [5.41, 5.74) is 3.71. The Morgan fingerprint density at radius 2 is 1.96 bits per heavy atom. The molecule has 0 radical (unpaired) electrons. The summed E-state index contributed by atoms with van der Waals surface area (Å²) in [6.45, 7) is 1.98. The minimum absolute atomic E-state index is 0.261. The highest BCUT2D eigenvalue weighted by Crippen LogP contribution is 2.34. The first kappa shape index (κ1) is 16.1. The van der Waals surface area contributed by atoms with Crippen molar-refractivity contribution in [2.24, 2.45) is 0 Å². The summed E-state index contributed by atoms with van der Waals surface area (Å²) in [4.78, 5) is 17.0. The molecule has 25 heavy (non-hydrogen) atoms. The molecule has 0 unspecified atom stereocenters. The number of anilines is 1. The standard InChI is InChI=1S/C19H13BrN2O2S/c1-11-12(19-22-14-6-2-3-8-16(14)25-19)5-4-7-13(11)21-18(23)15-9-10-17(20)24-15/h2-10H,1H3,(H,21,23). The Bertz CT molecular complexity index is 1050. The summed E-state index contributed by atoms with van der Waals surface area (Å²) in [6.07, 6.45) is 0. The molecule has 0 aliphatic rings. The molecule has 0 spiro atoms. The summed E-state index contributed by atoms with van der Waals surface area (Å²) >= 11 is 4.85. The van der Waals surface area contributed by atoms with E-state index in [0.29, 0.717) is 4.67 Å². The van der Waals surface area contributed by atoms with Gasteiger partial charge in [0.25, 0.3) is 5.91 Å². The fourth-order valence-corrected chi connectivity index (χ4v) is 3.97. The van der Waals surface area contributed by atoms with Crippen LogP contribution in [0.25, 0.3) is 20.8 Å². The molecule has 2 aromatic heterocycles. The number of fused-ring (bicyclic) bond motifs is 1. The Morgan fingerprint density at radius 1 is 1.12 bits per heavy atom. The predicted octanol–water partition coefficient (Wildman–Crippen LogP) is 5.88. The van der Waals surface area contributed by atoms with E-state index in [-0.39, 0.29) is 11.7 Å². The van der Waals surface area contributed by atoms with Gasteiger partial charge >= 0.3 is 0 Å². The normalized spacial score (nSPS) is 11.0. The van der Waals surface area contributed by atoms with Crippen molar-refractivity contribution in [2.75, 3.05) is 5.32 Å². The molecule has 0 saturated heterocycles. The molecular formula is C19H13BrN2O2S. The van der Waals surface area contributed by atoms with Gasteiger partial charge in [0.15, 0.2) is 10.4 Å². The smallest absolute Gasteiger partial charge is 0.291 e. The Balaban J connectivity index is 1.69. The molecular weight excluding hydrogens is 400 g/mol. The topological polar surface area (TPSA) is 55.1 Å². The summed E-state index contributed by atoms with van der Waals surface area (Å²) in [5.74, 6) is -0.0214. The number of aromatic nitrogens is 1. The number of amides is 1. The first-order valence-electron chi connectivity index (χ1n) is 7.64. The molecule has 6 heteroatoms. The molecule has 0 aliphatic heterocycles. The van der Waals surface area contributed by atoms with E-state index in [9.17, 15) is 4.79 Å². The highest BCUT2D eigenvalue weighted by atomic mass is 79.9. The molecule has 2 aromatic carbocycles. The molecule has 1 amide bonds. The van der Waals surface area contributed by atoms with Crippen molar-refractivity contribution in [3.8, 4) is 10.6 Å². The van der Waals surface area contributed by atoms with Crippen LogP contribution in [-0.2, 0) is 0 Å². The van der Waals surface area contributed by atoms with Crippen LogP contribution < -0.4 is 5.32 Å². The maximum absolute atomic E-state index is 12.3. The molecule has 4 aromatic rings. The highest BCUT2D eigenvalue weighted by molar-refractivity contribution is 9.10. The predicted molar refractivity (Wildman–Crippen MR) is 104 cm³/mol. The van der Waals surface area contributed by atoms with Crippen molar-refractivity contribution in [1.29, 1.82) is 0 Å². The molecule has 4 rings (SSSR count). The average Bonchev–Trinajstić information content (AvgIpc) is 3.22. The van der Waals surface area contributed by atoms with Gasteiger partial charge in [0.1, 0.15) is 5.01 Å².